The van der Waals surface area contributed by atoms with Gasteiger partial charge >= 0.3 is 0 Å². The van der Waals surface area contributed by atoms with Gasteiger partial charge in [0.15, 0.2) is 5.96 Å². The SMILES string of the molecule is CN=C(NCCOCCS(C)(=O)=O)NCC1CCCN1Cc1ccccc1.I. The maximum absolute atomic E-state index is 11.0. The molecule has 7 nitrogen and oxygen atoms in total. The molecular weight excluding hydrogens is 491 g/mol. The van der Waals surface area contributed by atoms with Crippen LogP contribution in [0.15, 0.2) is 35.3 Å². The minimum Gasteiger partial charge on any atom is -0.379 e. The molecule has 0 aromatic heterocycles. The number of halogens is 1. The Bertz CT molecular complexity index is 686. The zero-order chi connectivity index (χ0) is 19.5. The van der Waals surface area contributed by atoms with E-state index in [-0.39, 0.29) is 36.3 Å². The van der Waals surface area contributed by atoms with E-state index in [1.165, 1.54) is 24.7 Å². The van der Waals surface area contributed by atoms with Crippen molar-refractivity contribution in [3.63, 3.8) is 0 Å². The third kappa shape index (κ3) is 10.0. The van der Waals surface area contributed by atoms with Gasteiger partial charge in [0, 0.05) is 39.0 Å². The molecule has 0 bridgehead atoms. The molecule has 0 aliphatic carbocycles. The zero-order valence-electron chi connectivity index (χ0n) is 16.8. The molecule has 0 amide bonds. The normalized spacial score (nSPS) is 17.9. The lowest BCUT2D eigenvalue weighted by atomic mass is 10.2. The molecule has 0 spiro atoms. The average Bonchev–Trinajstić information content (AvgIpc) is 3.07. The molecule has 1 aromatic carbocycles. The number of hydrogen-bond donors (Lipinski definition) is 2. The van der Waals surface area contributed by atoms with Crippen molar-refractivity contribution < 1.29 is 13.2 Å². The van der Waals surface area contributed by atoms with Crippen molar-refractivity contribution in [2.75, 3.05) is 51.9 Å². The van der Waals surface area contributed by atoms with Gasteiger partial charge in [0.2, 0.25) is 0 Å². The van der Waals surface area contributed by atoms with E-state index in [0.717, 1.165) is 25.6 Å². The Balaban J connectivity index is 0.00000392. The Labute approximate surface area is 186 Å². The first kappa shape index (κ1) is 25.1. The number of aliphatic imine (C=N–C) groups is 1. The Hall–Kier alpha value is -0.910. The third-order valence-electron chi connectivity index (χ3n) is 4.59. The van der Waals surface area contributed by atoms with E-state index in [4.69, 9.17) is 4.74 Å². The second-order valence-electron chi connectivity index (χ2n) is 6.87. The van der Waals surface area contributed by atoms with Gasteiger partial charge in [-0.2, -0.15) is 0 Å². The van der Waals surface area contributed by atoms with Crippen LogP contribution >= 0.6 is 24.0 Å². The summed E-state index contributed by atoms with van der Waals surface area (Å²) in [6.45, 7) is 4.21. The molecule has 1 heterocycles. The molecule has 1 aromatic rings. The number of guanidine groups is 1. The van der Waals surface area contributed by atoms with Crippen LogP contribution in [0.5, 0.6) is 0 Å². The van der Waals surface area contributed by atoms with Crippen LogP contribution in [-0.2, 0) is 21.1 Å². The van der Waals surface area contributed by atoms with Gasteiger partial charge in [0.05, 0.1) is 19.0 Å². The number of ether oxygens (including phenoxy) is 1. The van der Waals surface area contributed by atoms with Crippen LogP contribution in [0.1, 0.15) is 18.4 Å². The van der Waals surface area contributed by atoms with Gasteiger partial charge in [-0.3, -0.25) is 9.89 Å². The van der Waals surface area contributed by atoms with Crippen molar-refractivity contribution in [2.45, 2.75) is 25.4 Å². The van der Waals surface area contributed by atoms with E-state index in [2.05, 4.69) is 44.8 Å². The van der Waals surface area contributed by atoms with Gasteiger partial charge in [-0.05, 0) is 24.9 Å². The summed E-state index contributed by atoms with van der Waals surface area (Å²) in [5, 5.41) is 6.59. The summed E-state index contributed by atoms with van der Waals surface area (Å²) in [7, 11) is -1.22. The number of nitrogens with zero attached hydrogens (tertiary/aromatic N) is 2. The van der Waals surface area contributed by atoms with Gasteiger partial charge in [-0.1, -0.05) is 30.3 Å². The number of hydrogen-bond acceptors (Lipinski definition) is 5. The van der Waals surface area contributed by atoms with Gasteiger partial charge in [-0.15, -0.1) is 24.0 Å². The van der Waals surface area contributed by atoms with E-state index >= 15 is 0 Å². The van der Waals surface area contributed by atoms with Crippen LogP contribution in [0.3, 0.4) is 0 Å². The minimum absolute atomic E-state index is 0. The van der Waals surface area contributed by atoms with Gasteiger partial charge in [0.1, 0.15) is 9.84 Å². The van der Waals surface area contributed by atoms with Crippen molar-refractivity contribution in [2.24, 2.45) is 4.99 Å². The molecule has 2 N–H and O–H groups in total. The van der Waals surface area contributed by atoms with Crippen LogP contribution in [0, 0.1) is 0 Å². The molecule has 1 unspecified atom stereocenters. The van der Waals surface area contributed by atoms with Crippen molar-refractivity contribution in [1.82, 2.24) is 15.5 Å². The summed E-state index contributed by atoms with van der Waals surface area (Å²) in [5.74, 6) is 0.798. The number of rotatable bonds is 10. The largest absolute Gasteiger partial charge is 0.379 e. The Morgan fingerprint density at radius 3 is 2.68 bits per heavy atom. The maximum Gasteiger partial charge on any atom is 0.191 e. The quantitative estimate of drug-likeness (QED) is 0.209. The van der Waals surface area contributed by atoms with E-state index < -0.39 is 9.84 Å². The van der Waals surface area contributed by atoms with Gasteiger partial charge < -0.3 is 15.4 Å². The summed E-state index contributed by atoms with van der Waals surface area (Å²) in [4.78, 5) is 6.76. The highest BCUT2D eigenvalue weighted by molar-refractivity contribution is 14.0. The smallest absolute Gasteiger partial charge is 0.191 e. The molecule has 28 heavy (non-hydrogen) atoms. The first-order valence-electron chi connectivity index (χ1n) is 9.46. The highest BCUT2D eigenvalue weighted by atomic mass is 127. The number of benzene rings is 1. The second-order valence-corrected chi connectivity index (χ2v) is 9.13. The predicted molar refractivity (Wildman–Crippen MR) is 125 cm³/mol. The van der Waals surface area contributed by atoms with Crippen LogP contribution in [0.4, 0.5) is 0 Å². The third-order valence-corrected chi connectivity index (χ3v) is 5.50. The molecule has 2 rings (SSSR count). The monoisotopic (exact) mass is 524 g/mol. The lowest BCUT2D eigenvalue weighted by molar-refractivity contribution is 0.154. The molecule has 160 valence electrons. The predicted octanol–water partition coefficient (Wildman–Crippen LogP) is 1.50. The molecule has 1 atom stereocenters. The second kappa shape index (κ2) is 13.3. The summed E-state index contributed by atoms with van der Waals surface area (Å²) < 4.78 is 27.4. The number of nitrogens with one attached hydrogen (secondary N) is 2. The van der Waals surface area contributed by atoms with Crippen LogP contribution in [-0.4, -0.2) is 77.2 Å². The number of likely N-dealkylation sites (tertiary alicyclic amines) is 1. The maximum atomic E-state index is 11.0. The summed E-state index contributed by atoms with van der Waals surface area (Å²) in [6.07, 6.45) is 3.62. The lowest BCUT2D eigenvalue weighted by Crippen LogP contribution is -2.45. The van der Waals surface area contributed by atoms with Crippen LogP contribution < -0.4 is 10.6 Å². The first-order valence-corrected chi connectivity index (χ1v) is 11.5. The average molecular weight is 524 g/mol. The molecule has 1 fully saturated rings. The van der Waals surface area contributed by atoms with Crippen molar-refractivity contribution in [3.05, 3.63) is 35.9 Å². The fourth-order valence-corrected chi connectivity index (χ4v) is 3.56. The molecule has 1 aliphatic heterocycles. The van der Waals surface area contributed by atoms with Crippen LogP contribution in [0.25, 0.3) is 0 Å². The van der Waals surface area contributed by atoms with Crippen molar-refractivity contribution in [1.29, 1.82) is 0 Å². The Kier molecular flexibility index (Phi) is 12.0. The Morgan fingerprint density at radius 2 is 2.00 bits per heavy atom. The van der Waals surface area contributed by atoms with Gasteiger partial charge in [-0.25, -0.2) is 8.42 Å². The highest BCUT2D eigenvalue weighted by Gasteiger charge is 2.24. The number of sulfone groups is 1. The molecule has 0 saturated carbocycles. The van der Waals surface area contributed by atoms with Crippen molar-refractivity contribution >= 4 is 39.8 Å². The van der Waals surface area contributed by atoms with E-state index in [9.17, 15) is 8.42 Å². The van der Waals surface area contributed by atoms with Crippen LogP contribution in [0.2, 0.25) is 0 Å². The highest BCUT2D eigenvalue weighted by Crippen LogP contribution is 2.19. The fourth-order valence-electron chi connectivity index (χ4n) is 3.14. The molecular formula is C19H33IN4O3S. The topological polar surface area (TPSA) is 83.0 Å². The lowest BCUT2D eigenvalue weighted by Gasteiger charge is -2.25. The Morgan fingerprint density at radius 1 is 1.25 bits per heavy atom. The fraction of sp³-hybridized carbons (Fsp3) is 0.632. The minimum atomic E-state index is -2.96. The first-order chi connectivity index (χ1) is 13.0. The summed E-state index contributed by atoms with van der Waals surface area (Å²) in [6, 6.07) is 11.1. The zero-order valence-corrected chi connectivity index (χ0v) is 19.9. The van der Waals surface area contributed by atoms with Crippen molar-refractivity contribution in [3.8, 4) is 0 Å². The van der Waals surface area contributed by atoms with E-state index in [0.29, 0.717) is 19.2 Å². The molecule has 1 saturated heterocycles. The van der Waals surface area contributed by atoms with Gasteiger partial charge in [0.25, 0.3) is 0 Å². The molecule has 1 aliphatic rings. The molecule has 0 radical (unpaired) electrons. The summed E-state index contributed by atoms with van der Waals surface area (Å²) >= 11 is 0. The summed E-state index contributed by atoms with van der Waals surface area (Å²) in [5.41, 5.74) is 1.35. The van der Waals surface area contributed by atoms with E-state index in [1.807, 2.05) is 6.07 Å². The standard InChI is InChI=1S/C19H32N4O3S.HI/c1-20-19(21-10-12-26-13-14-27(2,24)25)22-15-18-9-6-11-23(18)16-17-7-4-3-5-8-17;/h3-5,7-8,18H,6,9-16H2,1-2H3,(H2,20,21,22);1H. The molecule has 9 heteroatoms. The van der Waals surface area contributed by atoms with E-state index in [1.54, 1.807) is 7.05 Å².